The van der Waals surface area contributed by atoms with Crippen LogP contribution in [-0.2, 0) is 17.0 Å². The number of esters is 1. The minimum absolute atomic E-state index is 0.339. The molecule has 3 aromatic rings. The summed E-state index contributed by atoms with van der Waals surface area (Å²) < 4.78 is 10.5. The molecule has 30 heavy (non-hydrogen) atoms. The maximum absolute atomic E-state index is 12.6. The summed E-state index contributed by atoms with van der Waals surface area (Å²) in [6.07, 6.45) is 1.91. The van der Waals surface area contributed by atoms with Crippen LogP contribution < -0.4 is 10.1 Å². The van der Waals surface area contributed by atoms with Gasteiger partial charge in [-0.2, -0.15) is 0 Å². The molecule has 0 bridgehead atoms. The van der Waals surface area contributed by atoms with Crippen molar-refractivity contribution >= 4 is 35.3 Å². The third-order valence-electron chi connectivity index (χ3n) is 4.28. The van der Waals surface area contributed by atoms with E-state index in [0.717, 1.165) is 16.9 Å². The van der Waals surface area contributed by atoms with Crippen LogP contribution in [0.2, 0.25) is 0 Å². The summed E-state index contributed by atoms with van der Waals surface area (Å²) in [5.41, 5.74) is 2.44. The highest BCUT2D eigenvalue weighted by molar-refractivity contribution is 7.99. The number of methoxy groups -OCH3 is 2. The smallest absolute Gasteiger partial charge is 0.344 e. The van der Waals surface area contributed by atoms with Gasteiger partial charge in [-0.1, -0.05) is 60.3 Å². The van der Waals surface area contributed by atoms with Gasteiger partial charge in [-0.05, 0) is 17.9 Å². The number of nitrogens with one attached hydrogen (secondary N) is 1. The average molecular weight is 442 g/mol. The van der Waals surface area contributed by atoms with Crippen molar-refractivity contribution in [2.75, 3.05) is 25.8 Å². The quantitative estimate of drug-likeness (QED) is 0.218. The van der Waals surface area contributed by atoms with Crippen LogP contribution in [0.4, 0.5) is 5.82 Å². The Balaban J connectivity index is 1.92. The van der Waals surface area contributed by atoms with Crippen LogP contribution in [0.15, 0.2) is 64.8 Å². The van der Waals surface area contributed by atoms with Crippen molar-refractivity contribution < 1.29 is 14.3 Å². The first-order chi connectivity index (χ1) is 14.7. The number of rotatable bonds is 9. The van der Waals surface area contributed by atoms with Crippen molar-refractivity contribution in [1.29, 1.82) is 0 Å². The van der Waals surface area contributed by atoms with Crippen molar-refractivity contribution in [3.8, 4) is 5.75 Å². The van der Waals surface area contributed by atoms with E-state index in [2.05, 4.69) is 15.3 Å². The first kappa shape index (κ1) is 22.0. The van der Waals surface area contributed by atoms with Gasteiger partial charge in [0.25, 0.3) is 0 Å². The molecule has 156 valence electrons. The Bertz CT molecular complexity index is 1000. The molecule has 8 heteroatoms. The highest BCUT2D eigenvalue weighted by atomic mass is 32.2. The molecule has 1 N–H and O–H groups in total. The molecule has 0 amide bonds. The zero-order valence-corrected chi connectivity index (χ0v) is 18.7. The van der Waals surface area contributed by atoms with Crippen LogP contribution in [0.25, 0.3) is 0 Å². The maximum atomic E-state index is 12.6. The highest BCUT2D eigenvalue weighted by Crippen LogP contribution is 2.31. The highest BCUT2D eigenvalue weighted by Gasteiger charge is 2.22. The molecule has 0 radical (unpaired) electrons. The van der Waals surface area contributed by atoms with Gasteiger partial charge in [0.15, 0.2) is 5.16 Å². The second-order valence-electron chi connectivity index (χ2n) is 6.17. The van der Waals surface area contributed by atoms with E-state index >= 15 is 0 Å². The van der Waals surface area contributed by atoms with E-state index in [-0.39, 0.29) is 0 Å². The molecule has 0 spiro atoms. The fraction of sp³-hybridized carbons (Fsp3) is 0.227. The van der Waals surface area contributed by atoms with Crippen LogP contribution in [0.5, 0.6) is 5.75 Å². The molecule has 0 saturated carbocycles. The lowest BCUT2D eigenvalue weighted by atomic mass is 10.2. The molecule has 3 rings (SSSR count). The lowest BCUT2D eigenvalue weighted by molar-refractivity contribution is 0.0596. The summed E-state index contributed by atoms with van der Waals surface area (Å²) in [6, 6.07) is 17.8. The molecule has 6 nitrogen and oxygen atoms in total. The number of benzene rings is 2. The third kappa shape index (κ3) is 5.46. The molecule has 0 aliphatic rings. The number of para-hydroxylation sites is 1. The maximum Gasteiger partial charge on any atom is 0.344 e. The van der Waals surface area contributed by atoms with Crippen molar-refractivity contribution in [1.82, 2.24) is 9.97 Å². The number of aromatic nitrogens is 2. The van der Waals surface area contributed by atoms with Gasteiger partial charge in [-0.25, -0.2) is 14.8 Å². The van der Waals surface area contributed by atoms with E-state index in [0.29, 0.717) is 33.9 Å². The molecule has 1 aromatic heterocycles. The summed E-state index contributed by atoms with van der Waals surface area (Å²) in [5, 5.41) is 4.45. The Morgan fingerprint density at radius 3 is 2.47 bits per heavy atom. The van der Waals surface area contributed by atoms with E-state index in [1.807, 2.05) is 60.9 Å². The van der Waals surface area contributed by atoms with Gasteiger partial charge in [0.2, 0.25) is 0 Å². The summed E-state index contributed by atoms with van der Waals surface area (Å²) in [7, 11) is 2.99. The Morgan fingerprint density at radius 1 is 1.03 bits per heavy atom. The van der Waals surface area contributed by atoms with E-state index in [4.69, 9.17) is 9.47 Å². The molecule has 0 aliphatic carbocycles. The van der Waals surface area contributed by atoms with Gasteiger partial charge in [0.1, 0.15) is 22.2 Å². The summed E-state index contributed by atoms with van der Waals surface area (Å²) >= 11 is 2.91. The molecular weight excluding hydrogens is 418 g/mol. The number of hydrogen-bond donors (Lipinski definition) is 1. The summed E-state index contributed by atoms with van der Waals surface area (Å²) in [4.78, 5) is 21.7. The van der Waals surface area contributed by atoms with E-state index in [1.54, 1.807) is 7.11 Å². The van der Waals surface area contributed by atoms with Gasteiger partial charge in [-0.3, -0.25) is 0 Å². The summed E-state index contributed by atoms with van der Waals surface area (Å²) in [6.45, 7) is 0.446. The van der Waals surface area contributed by atoms with Gasteiger partial charge in [0.05, 0.1) is 14.2 Å². The molecule has 1 heterocycles. The average Bonchev–Trinajstić information content (AvgIpc) is 2.81. The lowest BCUT2D eigenvalue weighted by Crippen LogP contribution is -2.14. The summed E-state index contributed by atoms with van der Waals surface area (Å²) in [5.74, 6) is 1.42. The van der Waals surface area contributed by atoms with Crippen molar-refractivity contribution in [3.63, 3.8) is 0 Å². The number of carbonyl (C=O) groups is 1. The third-order valence-corrected chi connectivity index (χ3v) is 5.88. The number of ether oxygens (including phenoxy) is 2. The fourth-order valence-electron chi connectivity index (χ4n) is 2.78. The molecule has 0 unspecified atom stereocenters. The molecular formula is C22H23N3O3S2. The van der Waals surface area contributed by atoms with E-state index in [1.165, 1.54) is 30.6 Å². The van der Waals surface area contributed by atoms with Crippen LogP contribution in [0.3, 0.4) is 0 Å². The zero-order chi connectivity index (χ0) is 21.3. The molecule has 0 saturated heterocycles. The first-order valence-electron chi connectivity index (χ1n) is 9.23. The zero-order valence-electron chi connectivity index (χ0n) is 17.0. The second kappa shape index (κ2) is 10.9. The second-order valence-corrected chi connectivity index (χ2v) is 7.91. The largest absolute Gasteiger partial charge is 0.496 e. The Labute approximate surface area is 184 Å². The van der Waals surface area contributed by atoms with Crippen LogP contribution in [-0.4, -0.2) is 36.4 Å². The van der Waals surface area contributed by atoms with Crippen molar-refractivity contribution in [3.05, 3.63) is 71.3 Å². The molecule has 2 aromatic carbocycles. The van der Waals surface area contributed by atoms with Crippen LogP contribution in [0.1, 0.15) is 21.5 Å². The fourth-order valence-corrected chi connectivity index (χ4v) is 4.18. The van der Waals surface area contributed by atoms with Gasteiger partial charge in [-0.15, -0.1) is 11.8 Å². The number of anilines is 1. The van der Waals surface area contributed by atoms with Crippen molar-refractivity contribution in [2.45, 2.75) is 22.5 Å². The van der Waals surface area contributed by atoms with Crippen LogP contribution in [0, 0.1) is 0 Å². The predicted octanol–water partition coefficient (Wildman–Crippen LogP) is 4.90. The van der Waals surface area contributed by atoms with Gasteiger partial charge < -0.3 is 14.8 Å². The van der Waals surface area contributed by atoms with E-state index in [9.17, 15) is 4.79 Å². The van der Waals surface area contributed by atoms with Crippen molar-refractivity contribution in [2.24, 2.45) is 0 Å². The Hall–Kier alpha value is -2.71. The Morgan fingerprint density at radius 2 is 1.77 bits per heavy atom. The Kier molecular flexibility index (Phi) is 7.98. The lowest BCUT2D eigenvalue weighted by Gasteiger charge is -2.15. The molecule has 0 fully saturated rings. The monoisotopic (exact) mass is 441 g/mol. The number of carbonyl (C=O) groups excluding carboxylic acids is 1. The van der Waals surface area contributed by atoms with Crippen LogP contribution >= 0.6 is 23.5 Å². The first-order valence-corrected chi connectivity index (χ1v) is 11.4. The predicted molar refractivity (Wildman–Crippen MR) is 121 cm³/mol. The molecule has 0 atom stereocenters. The van der Waals surface area contributed by atoms with Gasteiger partial charge >= 0.3 is 5.97 Å². The molecule has 0 aliphatic heterocycles. The minimum Gasteiger partial charge on any atom is -0.496 e. The number of nitrogens with zero attached hydrogens (tertiary/aromatic N) is 2. The standard InChI is InChI=1S/C22H23N3O3S2/c1-27-17-12-8-7-11-16(17)13-23-19-18(21(26)28-2)20(25-22(24-19)29-3)30-14-15-9-5-4-6-10-15/h4-12H,13-14H2,1-3H3,(H,23,24,25). The number of hydrogen-bond acceptors (Lipinski definition) is 8. The topological polar surface area (TPSA) is 73.3 Å². The number of thioether (sulfide) groups is 2. The normalized spacial score (nSPS) is 10.5. The minimum atomic E-state index is -0.472. The van der Waals surface area contributed by atoms with Gasteiger partial charge in [0, 0.05) is 17.9 Å². The van der Waals surface area contributed by atoms with E-state index < -0.39 is 5.97 Å². The SMILES string of the molecule is COC(=O)c1c(NCc2ccccc2OC)nc(SC)nc1SCc1ccccc1.